The molecule has 0 bridgehead atoms. The van der Waals surface area contributed by atoms with Crippen molar-refractivity contribution < 1.29 is 13.3 Å². The van der Waals surface area contributed by atoms with E-state index in [1.165, 1.54) is 12.1 Å². The SMILES string of the molecule is CC(C)(C)S(=O)/N=C(/COc1ccccc1Br)c1cccc(F)c1. The summed E-state index contributed by atoms with van der Waals surface area (Å²) >= 11 is 3.41. The van der Waals surface area contributed by atoms with E-state index in [0.717, 1.165) is 4.47 Å². The molecule has 0 aliphatic carbocycles. The zero-order valence-corrected chi connectivity index (χ0v) is 16.2. The molecule has 0 spiro atoms. The smallest absolute Gasteiger partial charge is 0.145 e. The first-order valence-electron chi connectivity index (χ1n) is 7.40. The molecule has 3 nitrogen and oxygen atoms in total. The van der Waals surface area contributed by atoms with E-state index in [1.807, 2.05) is 45.0 Å². The molecule has 0 amide bonds. The minimum atomic E-state index is -1.46. The second-order valence-corrected chi connectivity index (χ2v) is 8.89. The van der Waals surface area contributed by atoms with Crippen LogP contribution in [0.3, 0.4) is 0 Å². The van der Waals surface area contributed by atoms with Crippen LogP contribution in [0.5, 0.6) is 5.75 Å². The minimum Gasteiger partial charge on any atom is -0.486 e. The molecule has 0 saturated carbocycles. The van der Waals surface area contributed by atoms with Crippen LogP contribution in [0.2, 0.25) is 0 Å². The molecule has 2 rings (SSSR count). The first kappa shape index (κ1) is 18.8. The second-order valence-electron chi connectivity index (χ2n) is 6.13. The van der Waals surface area contributed by atoms with Crippen LogP contribution in [0.25, 0.3) is 0 Å². The summed E-state index contributed by atoms with van der Waals surface area (Å²) in [7, 11) is -1.46. The van der Waals surface area contributed by atoms with Crippen molar-refractivity contribution >= 4 is 32.6 Å². The Morgan fingerprint density at radius 3 is 2.54 bits per heavy atom. The molecule has 1 atom stereocenters. The summed E-state index contributed by atoms with van der Waals surface area (Å²) in [5, 5.41) is 0. The van der Waals surface area contributed by atoms with Crippen molar-refractivity contribution in [2.75, 3.05) is 6.61 Å². The number of benzene rings is 2. The molecular weight excluding hydrogens is 393 g/mol. The van der Waals surface area contributed by atoms with Gasteiger partial charge in [0.05, 0.1) is 14.9 Å². The fourth-order valence-corrected chi connectivity index (χ4v) is 2.81. The predicted octanol–water partition coefficient (Wildman–Crippen LogP) is 4.92. The molecule has 2 aromatic carbocycles. The number of para-hydroxylation sites is 1. The molecule has 0 aromatic heterocycles. The van der Waals surface area contributed by atoms with E-state index in [4.69, 9.17) is 4.74 Å². The van der Waals surface area contributed by atoms with Crippen molar-refractivity contribution in [3.05, 3.63) is 64.4 Å². The van der Waals surface area contributed by atoms with Gasteiger partial charge < -0.3 is 4.74 Å². The van der Waals surface area contributed by atoms with Crippen LogP contribution >= 0.6 is 15.9 Å². The van der Waals surface area contributed by atoms with Crippen LogP contribution in [-0.2, 0) is 11.0 Å². The molecule has 6 heteroatoms. The van der Waals surface area contributed by atoms with E-state index in [0.29, 0.717) is 17.0 Å². The Balaban J connectivity index is 2.31. The van der Waals surface area contributed by atoms with Crippen LogP contribution < -0.4 is 4.74 Å². The van der Waals surface area contributed by atoms with Gasteiger partial charge in [-0.2, -0.15) is 4.40 Å². The van der Waals surface area contributed by atoms with Crippen molar-refractivity contribution in [1.82, 2.24) is 0 Å². The molecule has 0 aliphatic heterocycles. The van der Waals surface area contributed by atoms with Gasteiger partial charge in [-0.25, -0.2) is 8.60 Å². The summed E-state index contributed by atoms with van der Waals surface area (Å²) in [6, 6.07) is 13.5. The minimum absolute atomic E-state index is 0.0912. The summed E-state index contributed by atoms with van der Waals surface area (Å²) in [5.41, 5.74) is 0.998. The monoisotopic (exact) mass is 411 g/mol. The lowest BCUT2D eigenvalue weighted by Gasteiger charge is -2.16. The highest BCUT2D eigenvalue weighted by Crippen LogP contribution is 2.24. The van der Waals surface area contributed by atoms with E-state index >= 15 is 0 Å². The highest BCUT2D eigenvalue weighted by atomic mass is 79.9. The van der Waals surface area contributed by atoms with Crippen LogP contribution in [0, 0.1) is 5.82 Å². The summed E-state index contributed by atoms with van der Waals surface area (Å²) in [5.74, 6) is 0.269. The Morgan fingerprint density at radius 2 is 1.92 bits per heavy atom. The summed E-state index contributed by atoms with van der Waals surface area (Å²) in [6.07, 6.45) is 0. The molecule has 0 fully saturated rings. The maximum atomic E-state index is 13.5. The van der Waals surface area contributed by atoms with Gasteiger partial charge in [0.2, 0.25) is 0 Å². The molecule has 2 aromatic rings. The van der Waals surface area contributed by atoms with E-state index in [2.05, 4.69) is 20.3 Å². The lowest BCUT2D eigenvalue weighted by molar-refractivity contribution is 0.374. The molecule has 0 N–H and O–H groups in total. The number of rotatable bonds is 5. The average Bonchev–Trinajstić information content (AvgIpc) is 2.51. The number of nitrogens with zero attached hydrogens (tertiary/aromatic N) is 1. The van der Waals surface area contributed by atoms with E-state index in [9.17, 15) is 8.60 Å². The molecular formula is C18H19BrFNO2S. The largest absolute Gasteiger partial charge is 0.486 e. The fourth-order valence-electron chi connectivity index (χ4n) is 1.78. The third-order valence-corrected chi connectivity index (χ3v) is 5.16. The lowest BCUT2D eigenvalue weighted by atomic mass is 10.1. The average molecular weight is 412 g/mol. The van der Waals surface area contributed by atoms with Gasteiger partial charge in [-0.15, -0.1) is 0 Å². The highest BCUT2D eigenvalue weighted by molar-refractivity contribution is 9.10. The molecule has 0 radical (unpaired) electrons. The zero-order valence-electron chi connectivity index (χ0n) is 13.8. The summed E-state index contributed by atoms with van der Waals surface area (Å²) < 4.78 is 36.3. The molecule has 128 valence electrons. The van der Waals surface area contributed by atoms with Gasteiger partial charge in [0, 0.05) is 5.56 Å². The third-order valence-electron chi connectivity index (χ3n) is 3.08. The van der Waals surface area contributed by atoms with Gasteiger partial charge >= 0.3 is 0 Å². The van der Waals surface area contributed by atoms with Gasteiger partial charge in [0.15, 0.2) is 0 Å². The highest BCUT2D eigenvalue weighted by Gasteiger charge is 2.20. The summed E-state index contributed by atoms with van der Waals surface area (Å²) in [4.78, 5) is 0. The third kappa shape index (κ3) is 5.24. The quantitative estimate of drug-likeness (QED) is 0.654. The molecule has 0 saturated heterocycles. The standard InChI is InChI=1S/C18H19BrFNO2S/c1-18(2,3)24(22)21-16(13-7-6-8-14(20)11-13)12-23-17-10-5-4-9-15(17)19/h4-11H,12H2,1-3H3/b21-16-. The lowest BCUT2D eigenvalue weighted by Crippen LogP contribution is -2.23. The number of halogens is 2. The maximum Gasteiger partial charge on any atom is 0.145 e. The van der Waals surface area contributed by atoms with Crippen LogP contribution in [0.15, 0.2) is 57.4 Å². The first-order chi connectivity index (χ1) is 11.3. The number of hydrogen-bond donors (Lipinski definition) is 0. The zero-order chi connectivity index (χ0) is 17.7. The van der Waals surface area contributed by atoms with E-state index in [1.54, 1.807) is 12.1 Å². The Labute approximate surface area is 152 Å². The Hall–Kier alpha value is -1.53. The number of hydrogen-bond acceptors (Lipinski definition) is 2. The number of ether oxygens (including phenoxy) is 1. The Kier molecular flexibility index (Phi) is 6.29. The molecule has 1 unspecified atom stereocenters. The van der Waals surface area contributed by atoms with Crippen molar-refractivity contribution in [3.63, 3.8) is 0 Å². The predicted molar refractivity (Wildman–Crippen MR) is 100 cm³/mol. The normalized spacial score (nSPS) is 13.6. The fraction of sp³-hybridized carbons (Fsp3) is 0.278. The van der Waals surface area contributed by atoms with Crippen LogP contribution in [-0.4, -0.2) is 21.3 Å². The molecule has 24 heavy (non-hydrogen) atoms. The van der Waals surface area contributed by atoms with Crippen LogP contribution in [0.4, 0.5) is 4.39 Å². The van der Waals surface area contributed by atoms with Gasteiger partial charge in [-0.05, 0) is 61.0 Å². The van der Waals surface area contributed by atoms with Gasteiger partial charge in [0.1, 0.15) is 29.2 Å². The van der Waals surface area contributed by atoms with Gasteiger partial charge in [-0.3, -0.25) is 0 Å². The second kappa shape index (κ2) is 8.03. The van der Waals surface area contributed by atoms with Crippen molar-refractivity contribution in [3.8, 4) is 5.75 Å². The van der Waals surface area contributed by atoms with E-state index in [-0.39, 0.29) is 12.4 Å². The van der Waals surface area contributed by atoms with Crippen molar-refractivity contribution in [1.29, 1.82) is 0 Å². The van der Waals surface area contributed by atoms with Crippen molar-refractivity contribution in [2.24, 2.45) is 4.40 Å². The van der Waals surface area contributed by atoms with E-state index < -0.39 is 15.7 Å². The maximum absolute atomic E-state index is 13.5. The van der Waals surface area contributed by atoms with Gasteiger partial charge in [0.25, 0.3) is 0 Å². The summed E-state index contributed by atoms with van der Waals surface area (Å²) in [6.45, 7) is 5.60. The topological polar surface area (TPSA) is 38.7 Å². The van der Waals surface area contributed by atoms with Crippen LogP contribution in [0.1, 0.15) is 26.3 Å². The van der Waals surface area contributed by atoms with Crippen molar-refractivity contribution in [2.45, 2.75) is 25.5 Å². The molecule has 0 heterocycles. The van der Waals surface area contributed by atoms with Gasteiger partial charge in [-0.1, -0.05) is 24.3 Å². The first-order valence-corrected chi connectivity index (χ1v) is 9.30. The Bertz CT molecular complexity index is 772. The molecule has 0 aliphatic rings. The Morgan fingerprint density at radius 1 is 1.21 bits per heavy atom.